The quantitative estimate of drug-likeness (QED) is 0.798. The highest BCUT2D eigenvalue weighted by molar-refractivity contribution is 7.99. The molecule has 1 aliphatic carbocycles. The Labute approximate surface area is 106 Å². The van der Waals surface area contributed by atoms with Gasteiger partial charge in [-0.15, -0.1) is 10.2 Å². The molecule has 1 aliphatic rings. The Hall–Kier alpha value is -1.06. The molecule has 2 rings (SSSR count). The van der Waals surface area contributed by atoms with Crippen molar-refractivity contribution >= 4 is 11.8 Å². The fraction of sp³-hybridized carbons (Fsp3) is 0.727. The summed E-state index contributed by atoms with van der Waals surface area (Å²) in [6.45, 7) is 3.87. The first kappa shape index (κ1) is 12.4. The summed E-state index contributed by atoms with van der Waals surface area (Å²) in [6, 6.07) is 2.89. The monoisotopic (exact) mass is 251 g/mol. The highest BCUT2D eigenvalue weighted by Crippen LogP contribution is 2.26. The Kier molecular flexibility index (Phi) is 3.40. The maximum atomic E-state index is 9.25. The van der Waals surface area contributed by atoms with E-state index in [9.17, 15) is 5.26 Å². The van der Waals surface area contributed by atoms with E-state index in [0.29, 0.717) is 11.8 Å². The van der Waals surface area contributed by atoms with Crippen LogP contribution in [-0.4, -0.2) is 32.1 Å². The molecule has 1 aromatic heterocycles. The van der Waals surface area contributed by atoms with Crippen LogP contribution in [0.1, 0.15) is 25.6 Å². The van der Waals surface area contributed by atoms with Gasteiger partial charge in [0, 0.05) is 18.8 Å². The molecular formula is C11H17N5S. The van der Waals surface area contributed by atoms with Crippen LogP contribution in [0, 0.1) is 18.3 Å². The van der Waals surface area contributed by atoms with Gasteiger partial charge in [-0.25, -0.2) is 0 Å². The molecule has 1 atom stereocenters. The molecule has 0 bridgehead atoms. The van der Waals surface area contributed by atoms with Crippen molar-refractivity contribution in [2.45, 2.75) is 43.4 Å². The van der Waals surface area contributed by atoms with Gasteiger partial charge in [0.15, 0.2) is 5.16 Å². The molecule has 1 N–H and O–H groups in total. The standard InChI is InChI=1S/C11H17N5S/c1-8-14-15-10(16(8)3)17-7-11(2,6-12)13-9-4-5-9/h9,13H,4-5,7H2,1-3H3. The topological polar surface area (TPSA) is 66.5 Å². The summed E-state index contributed by atoms with van der Waals surface area (Å²) in [5.74, 6) is 1.58. The van der Waals surface area contributed by atoms with Gasteiger partial charge < -0.3 is 4.57 Å². The van der Waals surface area contributed by atoms with Crippen LogP contribution in [0.15, 0.2) is 5.16 Å². The maximum absolute atomic E-state index is 9.25. The van der Waals surface area contributed by atoms with Crippen molar-refractivity contribution in [2.75, 3.05) is 5.75 Å². The molecule has 5 nitrogen and oxygen atoms in total. The van der Waals surface area contributed by atoms with Gasteiger partial charge >= 0.3 is 0 Å². The first-order valence-electron chi connectivity index (χ1n) is 5.72. The summed E-state index contributed by atoms with van der Waals surface area (Å²) < 4.78 is 1.94. The van der Waals surface area contributed by atoms with E-state index in [1.165, 1.54) is 12.8 Å². The summed E-state index contributed by atoms with van der Waals surface area (Å²) in [4.78, 5) is 0. The number of nitrogens with zero attached hydrogens (tertiary/aromatic N) is 4. The number of nitriles is 1. The predicted molar refractivity (Wildman–Crippen MR) is 66.6 cm³/mol. The average Bonchev–Trinajstić information content (AvgIpc) is 3.06. The second-order valence-electron chi connectivity index (χ2n) is 4.74. The fourth-order valence-electron chi connectivity index (χ4n) is 1.51. The normalized spacial score (nSPS) is 18.7. The summed E-state index contributed by atoms with van der Waals surface area (Å²) in [6.07, 6.45) is 2.37. The largest absolute Gasteiger partial charge is 0.309 e. The molecule has 1 fully saturated rings. The summed E-state index contributed by atoms with van der Waals surface area (Å²) in [5.41, 5.74) is -0.480. The summed E-state index contributed by atoms with van der Waals surface area (Å²) in [5, 5.41) is 21.6. The zero-order valence-electron chi connectivity index (χ0n) is 10.4. The third-order valence-corrected chi connectivity index (χ3v) is 4.22. The van der Waals surface area contributed by atoms with E-state index < -0.39 is 5.54 Å². The molecule has 0 radical (unpaired) electrons. The minimum absolute atomic E-state index is 0.480. The molecule has 0 saturated heterocycles. The minimum atomic E-state index is -0.480. The number of aryl methyl sites for hydroxylation is 1. The van der Waals surface area contributed by atoms with Crippen LogP contribution in [0.3, 0.4) is 0 Å². The zero-order valence-corrected chi connectivity index (χ0v) is 11.2. The number of hydrogen-bond donors (Lipinski definition) is 1. The lowest BCUT2D eigenvalue weighted by Gasteiger charge is -2.22. The highest BCUT2D eigenvalue weighted by atomic mass is 32.2. The molecule has 6 heteroatoms. The van der Waals surface area contributed by atoms with E-state index >= 15 is 0 Å². The van der Waals surface area contributed by atoms with E-state index in [2.05, 4.69) is 21.6 Å². The zero-order chi connectivity index (χ0) is 12.5. The number of nitrogens with one attached hydrogen (secondary N) is 1. The van der Waals surface area contributed by atoms with Gasteiger partial charge in [-0.05, 0) is 26.7 Å². The van der Waals surface area contributed by atoms with Gasteiger partial charge in [-0.3, -0.25) is 5.32 Å². The summed E-state index contributed by atoms with van der Waals surface area (Å²) in [7, 11) is 1.94. The summed E-state index contributed by atoms with van der Waals surface area (Å²) >= 11 is 1.57. The SMILES string of the molecule is Cc1nnc(SCC(C)(C#N)NC2CC2)n1C. The molecule has 1 unspecified atom stereocenters. The first-order chi connectivity index (χ1) is 8.04. The van der Waals surface area contributed by atoms with E-state index in [1.807, 2.05) is 25.5 Å². The predicted octanol–water partition coefficient (Wildman–Crippen LogP) is 1.25. The lowest BCUT2D eigenvalue weighted by molar-refractivity contribution is 0.490. The lowest BCUT2D eigenvalue weighted by Crippen LogP contribution is -2.44. The minimum Gasteiger partial charge on any atom is -0.309 e. The smallest absolute Gasteiger partial charge is 0.191 e. The van der Waals surface area contributed by atoms with E-state index in [1.54, 1.807) is 11.8 Å². The molecular weight excluding hydrogens is 234 g/mol. The van der Waals surface area contributed by atoms with Crippen molar-refractivity contribution in [2.24, 2.45) is 7.05 Å². The Balaban J connectivity index is 1.95. The molecule has 17 heavy (non-hydrogen) atoms. The second-order valence-corrected chi connectivity index (χ2v) is 5.68. The van der Waals surface area contributed by atoms with E-state index in [0.717, 1.165) is 11.0 Å². The van der Waals surface area contributed by atoms with Gasteiger partial charge in [0.25, 0.3) is 0 Å². The van der Waals surface area contributed by atoms with Crippen LogP contribution < -0.4 is 5.32 Å². The second kappa shape index (κ2) is 4.67. The van der Waals surface area contributed by atoms with Crippen LogP contribution in [-0.2, 0) is 7.05 Å². The molecule has 1 aromatic rings. The molecule has 1 saturated carbocycles. The van der Waals surface area contributed by atoms with Gasteiger partial charge in [-0.1, -0.05) is 11.8 Å². The lowest BCUT2D eigenvalue weighted by atomic mass is 10.1. The van der Waals surface area contributed by atoms with Gasteiger partial charge in [0.05, 0.1) is 6.07 Å². The first-order valence-corrected chi connectivity index (χ1v) is 6.70. The molecule has 0 aliphatic heterocycles. The van der Waals surface area contributed by atoms with Crippen molar-refractivity contribution in [1.82, 2.24) is 20.1 Å². The molecule has 0 aromatic carbocycles. The molecule has 92 valence electrons. The van der Waals surface area contributed by atoms with Crippen molar-refractivity contribution in [3.8, 4) is 6.07 Å². The Morgan fingerprint density at radius 1 is 1.59 bits per heavy atom. The number of hydrogen-bond acceptors (Lipinski definition) is 5. The molecule has 0 amide bonds. The van der Waals surface area contributed by atoms with Gasteiger partial charge in [0.1, 0.15) is 11.4 Å². The third-order valence-electron chi connectivity index (χ3n) is 2.89. The van der Waals surface area contributed by atoms with Gasteiger partial charge in [0.2, 0.25) is 0 Å². The van der Waals surface area contributed by atoms with Crippen LogP contribution in [0.2, 0.25) is 0 Å². The average molecular weight is 251 g/mol. The van der Waals surface area contributed by atoms with Crippen molar-refractivity contribution < 1.29 is 0 Å². The highest BCUT2D eigenvalue weighted by Gasteiger charge is 2.32. The van der Waals surface area contributed by atoms with Crippen LogP contribution in [0.25, 0.3) is 0 Å². The van der Waals surface area contributed by atoms with Crippen molar-refractivity contribution in [1.29, 1.82) is 5.26 Å². The number of rotatable bonds is 5. The van der Waals surface area contributed by atoms with Crippen LogP contribution in [0.4, 0.5) is 0 Å². The van der Waals surface area contributed by atoms with Crippen molar-refractivity contribution in [3.05, 3.63) is 5.82 Å². The number of aromatic nitrogens is 3. The maximum Gasteiger partial charge on any atom is 0.191 e. The fourth-order valence-corrected chi connectivity index (χ4v) is 2.50. The van der Waals surface area contributed by atoms with E-state index in [4.69, 9.17) is 0 Å². The van der Waals surface area contributed by atoms with E-state index in [-0.39, 0.29) is 0 Å². The van der Waals surface area contributed by atoms with Crippen molar-refractivity contribution in [3.63, 3.8) is 0 Å². The third kappa shape index (κ3) is 2.99. The molecule has 0 spiro atoms. The van der Waals surface area contributed by atoms with Gasteiger partial charge in [-0.2, -0.15) is 5.26 Å². The Morgan fingerprint density at radius 3 is 2.76 bits per heavy atom. The van der Waals surface area contributed by atoms with Crippen LogP contribution in [0.5, 0.6) is 0 Å². The number of thioether (sulfide) groups is 1. The molecule has 1 heterocycles. The Morgan fingerprint density at radius 2 is 2.29 bits per heavy atom. The Bertz CT molecular complexity index is 445. The van der Waals surface area contributed by atoms with Crippen LogP contribution >= 0.6 is 11.8 Å².